The van der Waals surface area contributed by atoms with E-state index in [-0.39, 0.29) is 11.1 Å². The molecule has 5 heteroatoms. The van der Waals surface area contributed by atoms with E-state index in [2.05, 4.69) is 4.98 Å². The summed E-state index contributed by atoms with van der Waals surface area (Å²) in [5.41, 5.74) is -0.233. The van der Waals surface area contributed by atoms with E-state index in [4.69, 9.17) is 10.4 Å². The Morgan fingerprint density at radius 2 is 2.29 bits per heavy atom. The van der Waals surface area contributed by atoms with Crippen molar-refractivity contribution in [1.82, 2.24) is 4.98 Å². The third kappa shape index (κ3) is 1.86. The summed E-state index contributed by atoms with van der Waals surface area (Å²) in [7, 11) is 0. The maximum absolute atomic E-state index is 12.4. The number of halogens is 2. The predicted molar refractivity (Wildman–Crippen MR) is 44.6 cm³/mol. The Morgan fingerprint density at radius 3 is 2.71 bits per heavy atom. The van der Waals surface area contributed by atoms with Crippen molar-refractivity contribution >= 4 is 0 Å². The summed E-state index contributed by atoms with van der Waals surface area (Å²) in [5.74, 6) is 0. The Labute approximate surface area is 79.6 Å². The monoisotopic (exact) mass is 198 g/mol. The van der Waals surface area contributed by atoms with Gasteiger partial charge in [-0.25, -0.2) is 8.78 Å². The number of aromatic nitrogens is 1. The summed E-state index contributed by atoms with van der Waals surface area (Å²) in [6.45, 7) is 1.10. The van der Waals surface area contributed by atoms with Gasteiger partial charge in [-0.1, -0.05) is 0 Å². The molecule has 0 aliphatic carbocycles. The number of pyridine rings is 1. The van der Waals surface area contributed by atoms with Gasteiger partial charge in [0.25, 0.3) is 6.43 Å². The van der Waals surface area contributed by atoms with Crippen LogP contribution in [0.1, 0.15) is 28.9 Å². The lowest BCUT2D eigenvalue weighted by atomic mass is 10.1. The van der Waals surface area contributed by atoms with Crippen LogP contribution in [0.2, 0.25) is 0 Å². The molecule has 0 aliphatic heterocycles. The summed E-state index contributed by atoms with van der Waals surface area (Å²) < 4.78 is 24.8. The molecule has 0 radical (unpaired) electrons. The van der Waals surface area contributed by atoms with Gasteiger partial charge in [-0.3, -0.25) is 4.98 Å². The molecule has 0 saturated carbocycles. The van der Waals surface area contributed by atoms with Crippen LogP contribution in [-0.4, -0.2) is 10.1 Å². The van der Waals surface area contributed by atoms with Crippen molar-refractivity contribution in [3.63, 3.8) is 0 Å². The van der Waals surface area contributed by atoms with E-state index in [1.807, 2.05) is 0 Å². The van der Waals surface area contributed by atoms with Gasteiger partial charge in [-0.2, -0.15) is 5.26 Å². The Kier molecular flexibility index (Phi) is 3.10. The fourth-order valence-corrected chi connectivity index (χ4v) is 1.18. The van der Waals surface area contributed by atoms with Gasteiger partial charge < -0.3 is 5.11 Å². The van der Waals surface area contributed by atoms with Crippen molar-refractivity contribution in [3.05, 3.63) is 28.6 Å². The summed E-state index contributed by atoms with van der Waals surface area (Å²) in [6, 6.07) is 3.04. The molecule has 0 bridgehead atoms. The number of rotatable bonds is 2. The highest BCUT2D eigenvalue weighted by atomic mass is 19.3. The molecular weight excluding hydrogens is 190 g/mol. The summed E-state index contributed by atoms with van der Waals surface area (Å²) in [6.07, 6.45) is -2.80. The topological polar surface area (TPSA) is 56.9 Å². The summed E-state index contributed by atoms with van der Waals surface area (Å²) in [4.78, 5) is 3.57. The highest BCUT2D eigenvalue weighted by molar-refractivity contribution is 5.42. The van der Waals surface area contributed by atoms with E-state index >= 15 is 0 Å². The van der Waals surface area contributed by atoms with Gasteiger partial charge in [0.1, 0.15) is 11.8 Å². The maximum atomic E-state index is 12.4. The minimum absolute atomic E-state index is 0.190. The smallest absolute Gasteiger partial charge is 0.281 e. The first kappa shape index (κ1) is 10.5. The van der Waals surface area contributed by atoms with Crippen LogP contribution in [0, 0.1) is 18.3 Å². The third-order valence-electron chi connectivity index (χ3n) is 1.75. The lowest BCUT2D eigenvalue weighted by Crippen LogP contribution is -2.02. The fourth-order valence-electron chi connectivity index (χ4n) is 1.18. The molecule has 0 saturated heterocycles. The van der Waals surface area contributed by atoms with Crippen LogP contribution in [-0.2, 0) is 6.61 Å². The average Bonchev–Trinajstić information content (AvgIpc) is 2.16. The van der Waals surface area contributed by atoms with E-state index in [1.165, 1.54) is 13.0 Å². The highest BCUT2D eigenvalue weighted by Crippen LogP contribution is 2.23. The zero-order chi connectivity index (χ0) is 10.7. The molecule has 14 heavy (non-hydrogen) atoms. The molecular formula is C9H8F2N2O. The average molecular weight is 198 g/mol. The Bertz CT molecular complexity index is 385. The Morgan fingerprint density at radius 1 is 1.64 bits per heavy atom. The molecule has 3 nitrogen and oxygen atoms in total. The lowest BCUT2D eigenvalue weighted by molar-refractivity contribution is 0.145. The van der Waals surface area contributed by atoms with Crippen molar-refractivity contribution in [2.24, 2.45) is 0 Å². The molecule has 0 spiro atoms. The molecule has 0 aromatic carbocycles. The summed E-state index contributed by atoms with van der Waals surface area (Å²) >= 11 is 0. The minimum atomic E-state index is -2.80. The Balaban J connectivity index is 3.41. The largest absolute Gasteiger partial charge is 0.392 e. The van der Waals surface area contributed by atoms with Crippen molar-refractivity contribution in [2.75, 3.05) is 0 Å². The third-order valence-corrected chi connectivity index (χ3v) is 1.75. The van der Waals surface area contributed by atoms with Gasteiger partial charge in [0.05, 0.1) is 12.2 Å². The van der Waals surface area contributed by atoms with Crippen LogP contribution in [0.4, 0.5) is 8.78 Å². The highest BCUT2D eigenvalue weighted by Gasteiger charge is 2.18. The number of aryl methyl sites for hydroxylation is 1. The predicted octanol–water partition coefficient (Wildman–Crippen LogP) is 1.69. The van der Waals surface area contributed by atoms with Crippen molar-refractivity contribution in [1.29, 1.82) is 5.26 Å². The zero-order valence-corrected chi connectivity index (χ0v) is 7.46. The number of hydrogen-bond acceptors (Lipinski definition) is 3. The number of hydrogen-bond donors (Lipinski definition) is 1. The molecule has 0 unspecified atom stereocenters. The summed E-state index contributed by atoms with van der Waals surface area (Å²) in [5, 5.41) is 17.5. The van der Waals surface area contributed by atoms with Crippen LogP contribution in [0.25, 0.3) is 0 Å². The number of alkyl halides is 2. The Hall–Kier alpha value is -1.54. The van der Waals surface area contributed by atoms with E-state index in [0.29, 0.717) is 5.69 Å². The SMILES string of the molecule is Cc1cc(CO)c(C#N)c(C(F)F)n1. The first-order valence-electron chi connectivity index (χ1n) is 3.89. The van der Waals surface area contributed by atoms with E-state index in [0.717, 1.165) is 0 Å². The van der Waals surface area contributed by atoms with Crippen LogP contribution in [0.5, 0.6) is 0 Å². The minimum Gasteiger partial charge on any atom is -0.392 e. The van der Waals surface area contributed by atoms with Crippen LogP contribution in [0.3, 0.4) is 0 Å². The van der Waals surface area contributed by atoms with E-state index in [9.17, 15) is 8.78 Å². The van der Waals surface area contributed by atoms with Crippen LogP contribution < -0.4 is 0 Å². The van der Waals surface area contributed by atoms with Crippen molar-refractivity contribution in [2.45, 2.75) is 20.0 Å². The van der Waals surface area contributed by atoms with Crippen molar-refractivity contribution in [3.8, 4) is 6.07 Å². The molecule has 1 aromatic rings. The molecule has 1 heterocycles. The zero-order valence-electron chi connectivity index (χ0n) is 7.46. The van der Waals surface area contributed by atoms with Gasteiger partial charge in [0, 0.05) is 5.69 Å². The maximum Gasteiger partial charge on any atom is 0.281 e. The van der Waals surface area contributed by atoms with Gasteiger partial charge in [0.15, 0.2) is 0 Å². The van der Waals surface area contributed by atoms with E-state index in [1.54, 1.807) is 6.07 Å². The lowest BCUT2D eigenvalue weighted by Gasteiger charge is -2.07. The quantitative estimate of drug-likeness (QED) is 0.786. The van der Waals surface area contributed by atoms with Crippen LogP contribution in [0.15, 0.2) is 6.07 Å². The van der Waals surface area contributed by atoms with Gasteiger partial charge >= 0.3 is 0 Å². The standard InChI is InChI=1S/C9H8F2N2O/c1-5-2-6(4-14)7(3-12)8(13-5)9(10)11/h2,9,14H,4H2,1H3. The molecule has 0 atom stereocenters. The van der Waals surface area contributed by atoms with Gasteiger partial charge in [-0.05, 0) is 18.6 Å². The van der Waals surface area contributed by atoms with Gasteiger partial charge in [0.2, 0.25) is 0 Å². The second-order valence-corrected chi connectivity index (χ2v) is 2.75. The van der Waals surface area contributed by atoms with Crippen LogP contribution >= 0.6 is 0 Å². The van der Waals surface area contributed by atoms with E-state index < -0.39 is 18.7 Å². The number of aliphatic hydroxyl groups is 1. The molecule has 1 aromatic heterocycles. The first-order valence-corrected chi connectivity index (χ1v) is 3.89. The second kappa shape index (κ2) is 4.11. The fraction of sp³-hybridized carbons (Fsp3) is 0.333. The molecule has 0 amide bonds. The molecule has 0 aliphatic rings. The number of aliphatic hydroxyl groups excluding tert-OH is 1. The number of nitriles is 1. The molecule has 1 N–H and O–H groups in total. The molecule has 0 fully saturated rings. The van der Waals surface area contributed by atoms with Crippen molar-refractivity contribution < 1.29 is 13.9 Å². The first-order chi connectivity index (χ1) is 6.60. The van der Waals surface area contributed by atoms with Gasteiger partial charge in [-0.15, -0.1) is 0 Å². The second-order valence-electron chi connectivity index (χ2n) is 2.75. The molecule has 74 valence electrons. The normalized spacial score (nSPS) is 10.3. The molecule has 1 rings (SSSR count). The number of nitrogens with zero attached hydrogens (tertiary/aromatic N) is 2.